The summed E-state index contributed by atoms with van der Waals surface area (Å²) in [4.78, 5) is 11.3. The van der Waals surface area contributed by atoms with Crippen LogP contribution < -0.4 is 0 Å². The summed E-state index contributed by atoms with van der Waals surface area (Å²) in [6, 6.07) is 0. The van der Waals surface area contributed by atoms with Gasteiger partial charge in [0.1, 0.15) is 0 Å². The first-order chi connectivity index (χ1) is 18.4. The van der Waals surface area contributed by atoms with E-state index in [1.165, 1.54) is 165 Å². The molecule has 0 rings (SSSR count). The zero-order chi connectivity index (χ0) is 28.2. The van der Waals surface area contributed by atoms with E-state index >= 15 is 0 Å². The van der Waals surface area contributed by atoms with E-state index in [-0.39, 0.29) is 5.97 Å². The van der Waals surface area contributed by atoms with Gasteiger partial charge in [-0.3, -0.25) is 0 Å². The number of hydrogen-bond donors (Lipinski definition) is 0. The summed E-state index contributed by atoms with van der Waals surface area (Å²) in [5.41, 5.74) is 0.493. The molecule has 226 valence electrons. The molecule has 0 bridgehead atoms. The molecule has 1 atom stereocenters. The van der Waals surface area contributed by atoms with E-state index in [0.717, 1.165) is 12.8 Å². The normalized spacial score (nSPS) is 12.9. The van der Waals surface area contributed by atoms with Gasteiger partial charge < -0.3 is 9.22 Å². The highest BCUT2D eigenvalue weighted by atomic mass is 16.5. The summed E-state index contributed by atoms with van der Waals surface area (Å²) < 4.78 is 6.42. The molecule has 38 heavy (non-hydrogen) atoms. The lowest BCUT2D eigenvalue weighted by molar-refractivity contribution is -0.908. The maximum absolute atomic E-state index is 11.3. The Hall–Kier alpha value is -0.830. The van der Waals surface area contributed by atoms with Crippen LogP contribution in [0.4, 0.5) is 0 Å². The molecule has 0 aliphatic heterocycles. The molecule has 0 spiro atoms. The first-order valence-electron chi connectivity index (χ1n) is 17.1. The van der Waals surface area contributed by atoms with Crippen LogP contribution in [0.25, 0.3) is 0 Å². The van der Waals surface area contributed by atoms with E-state index in [1.807, 2.05) is 0 Å². The first-order valence-corrected chi connectivity index (χ1v) is 17.1. The highest BCUT2D eigenvalue weighted by Crippen LogP contribution is 2.16. The van der Waals surface area contributed by atoms with Crippen molar-refractivity contribution >= 4 is 5.97 Å². The molecule has 0 aliphatic carbocycles. The third kappa shape index (κ3) is 25.4. The van der Waals surface area contributed by atoms with Gasteiger partial charge in [-0.2, -0.15) is 0 Å². The van der Waals surface area contributed by atoms with Gasteiger partial charge in [-0.15, -0.1) is 0 Å². The maximum Gasteiger partial charge on any atom is 0.333 e. The number of quaternary nitrogens is 1. The number of ether oxygens (including phenoxy) is 1. The minimum atomic E-state index is -0.253. The molecule has 0 aromatic carbocycles. The van der Waals surface area contributed by atoms with Crippen molar-refractivity contribution in [3.8, 4) is 0 Å². The van der Waals surface area contributed by atoms with Crippen LogP contribution in [0.1, 0.15) is 175 Å². The molecule has 0 saturated carbocycles. The van der Waals surface area contributed by atoms with Gasteiger partial charge in [0.2, 0.25) is 0 Å². The van der Waals surface area contributed by atoms with Gasteiger partial charge in [0, 0.05) is 5.57 Å². The van der Waals surface area contributed by atoms with Crippen molar-refractivity contribution in [3.05, 3.63) is 12.2 Å². The Morgan fingerprint density at radius 2 is 0.868 bits per heavy atom. The van der Waals surface area contributed by atoms with Gasteiger partial charge in [0.15, 0.2) is 0 Å². The Morgan fingerprint density at radius 1 is 0.553 bits per heavy atom. The second-order valence-corrected chi connectivity index (χ2v) is 12.4. The minimum absolute atomic E-state index is 0.253. The Labute approximate surface area is 240 Å². The summed E-state index contributed by atoms with van der Waals surface area (Å²) in [6.07, 6.45) is 33.3. The lowest BCUT2D eigenvalue weighted by atomic mass is 10.0. The van der Waals surface area contributed by atoms with Crippen molar-refractivity contribution in [1.82, 2.24) is 0 Å². The highest BCUT2D eigenvalue weighted by Gasteiger charge is 2.17. The van der Waals surface area contributed by atoms with Crippen molar-refractivity contribution in [1.29, 1.82) is 0 Å². The van der Waals surface area contributed by atoms with E-state index in [0.29, 0.717) is 12.2 Å². The number of esters is 1. The Balaban J connectivity index is 3.45. The second-order valence-electron chi connectivity index (χ2n) is 12.4. The average Bonchev–Trinajstić information content (AvgIpc) is 2.91. The summed E-state index contributed by atoms with van der Waals surface area (Å²) in [5.74, 6) is -0.253. The molecule has 3 heteroatoms. The first kappa shape index (κ1) is 37.2. The van der Waals surface area contributed by atoms with Crippen LogP contribution in [-0.2, 0) is 9.53 Å². The summed E-state index contributed by atoms with van der Waals surface area (Å²) >= 11 is 0. The van der Waals surface area contributed by atoms with Crippen molar-refractivity contribution in [2.45, 2.75) is 175 Å². The third-order valence-corrected chi connectivity index (χ3v) is 8.49. The van der Waals surface area contributed by atoms with E-state index in [9.17, 15) is 4.79 Å². The van der Waals surface area contributed by atoms with Crippen molar-refractivity contribution < 1.29 is 14.0 Å². The van der Waals surface area contributed by atoms with E-state index in [4.69, 9.17) is 4.74 Å². The molecule has 3 nitrogen and oxygen atoms in total. The number of hydrogen-bond acceptors (Lipinski definition) is 2. The SMILES string of the molecule is C=C(C)C(=O)OCCCCCCCCCC[N+](C)(CC)CCCCCCCCCCCCCCCCCC. The summed E-state index contributed by atoms with van der Waals surface area (Å²) in [7, 11) is 2.48. The van der Waals surface area contributed by atoms with Crippen LogP contribution in [0.2, 0.25) is 0 Å². The zero-order valence-corrected chi connectivity index (χ0v) is 26.8. The van der Waals surface area contributed by atoms with Crippen molar-refractivity contribution in [2.24, 2.45) is 0 Å². The van der Waals surface area contributed by atoms with Gasteiger partial charge in [-0.25, -0.2) is 4.79 Å². The molecule has 0 aromatic heterocycles. The predicted octanol–water partition coefficient (Wildman–Crippen LogP) is 11.0. The quantitative estimate of drug-likeness (QED) is 0.0395. The number of nitrogens with zero attached hydrogens (tertiary/aromatic N) is 1. The lowest BCUT2D eigenvalue weighted by Gasteiger charge is -2.33. The molecule has 0 fully saturated rings. The molecule has 0 aromatic rings. The van der Waals surface area contributed by atoms with Crippen LogP contribution in [-0.4, -0.2) is 43.7 Å². The molecule has 1 unspecified atom stereocenters. The molecule has 0 N–H and O–H groups in total. The molecular weight excluding hydrogens is 466 g/mol. The summed E-state index contributed by atoms with van der Waals surface area (Å²) in [5, 5.41) is 0. The van der Waals surface area contributed by atoms with Gasteiger partial charge in [0.25, 0.3) is 0 Å². The van der Waals surface area contributed by atoms with Gasteiger partial charge in [0.05, 0.1) is 33.3 Å². The minimum Gasteiger partial charge on any atom is -0.462 e. The molecule has 0 saturated heterocycles. The predicted molar refractivity (Wildman–Crippen MR) is 169 cm³/mol. The van der Waals surface area contributed by atoms with E-state index in [1.54, 1.807) is 6.92 Å². The maximum atomic E-state index is 11.3. The standard InChI is InChI=1S/C35H70NO2/c1-6-8-9-10-11-12-13-14-15-16-17-18-19-22-25-28-31-36(5,7-2)32-29-26-23-20-21-24-27-30-33-38-35(37)34(3)4/h3,6-33H2,1-2,4-5H3/q+1. The van der Waals surface area contributed by atoms with Crippen molar-refractivity contribution in [3.63, 3.8) is 0 Å². The lowest BCUT2D eigenvalue weighted by Crippen LogP contribution is -2.45. The van der Waals surface area contributed by atoms with Gasteiger partial charge in [-0.05, 0) is 46.0 Å². The van der Waals surface area contributed by atoms with Crippen LogP contribution in [0, 0.1) is 0 Å². The van der Waals surface area contributed by atoms with E-state index < -0.39 is 0 Å². The fourth-order valence-corrected chi connectivity index (χ4v) is 5.41. The molecule has 0 aliphatic rings. The largest absolute Gasteiger partial charge is 0.462 e. The van der Waals surface area contributed by atoms with Crippen LogP contribution in [0.5, 0.6) is 0 Å². The summed E-state index contributed by atoms with van der Waals surface area (Å²) in [6.45, 7) is 14.5. The van der Waals surface area contributed by atoms with E-state index in [2.05, 4.69) is 27.5 Å². The fraction of sp³-hybridized carbons (Fsp3) is 0.914. The van der Waals surface area contributed by atoms with Gasteiger partial charge in [-0.1, -0.05) is 135 Å². The smallest absolute Gasteiger partial charge is 0.333 e. The molecular formula is C35H70NO2+. The second kappa shape index (κ2) is 27.7. The third-order valence-electron chi connectivity index (χ3n) is 8.49. The van der Waals surface area contributed by atoms with Crippen molar-refractivity contribution in [2.75, 3.05) is 33.3 Å². The van der Waals surface area contributed by atoms with Crippen LogP contribution in [0.15, 0.2) is 12.2 Å². The molecule has 0 radical (unpaired) electrons. The number of carbonyl (C=O) groups excluding carboxylic acids is 1. The monoisotopic (exact) mass is 537 g/mol. The number of unbranched alkanes of at least 4 members (excludes halogenated alkanes) is 22. The molecule has 0 amide bonds. The fourth-order valence-electron chi connectivity index (χ4n) is 5.41. The Kier molecular flexibility index (Phi) is 27.1. The van der Waals surface area contributed by atoms with Crippen LogP contribution >= 0.6 is 0 Å². The number of carbonyl (C=O) groups is 1. The highest BCUT2D eigenvalue weighted by molar-refractivity contribution is 5.86. The zero-order valence-electron chi connectivity index (χ0n) is 26.8. The molecule has 0 heterocycles. The Bertz CT molecular complexity index is 532. The van der Waals surface area contributed by atoms with Crippen LogP contribution in [0.3, 0.4) is 0 Å². The Morgan fingerprint density at radius 3 is 1.18 bits per heavy atom. The average molecular weight is 537 g/mol. The topological polar surface area (TPSA) is 26.3 Å². The van der Waals surface area contributed by atoms with Gasteiger partial charge >= 0.3 is 5.97 Å². The number of rotatable bonds is 30.